The maximum Gasteiger partial charge on any atom is 0.416 e. The lowest BCUT2D eigenvalue weighted by Crippen LogP contribution is -2.52. The number of piperazine rings is 1. The van der Waals surface area contributed by atoms with Crippen molar-refractivity contribution in [1.29, 1.82) is 0 Å². The fraction of sp³-hybridized carbons (Fsp3) is 0.389. The number of rotatable bonds is 4. The number of amides is 2. The molecular formula is C18H20F3N5O2. The third-order valence-corrected chi connectivity index (χ3v) is 4.45. The van der Waals surface area contributed by atoms with Gasteiger partial charge in [0.2, 0.25) is 5.95 Å². The van der Waals surface area contributed by atoms with Gasteiger partial charge in [0.1, 0.15) is 5.75 Å². The molecule has 10 heteroatoms. The molecule has 150 valence electrons. The molecule has 1 N–H and O–H groups in total. The van der Waals surface area contributed by atoms with E-state index in [1.807, 2.05) is 4.90 Å². The molecule has 0 bridgehead atoms. The Morgan fingerprint density at radius 2 is 1.86 bits per heavy atom. The fourth-order valence-electron chi connectivity index (χ4n) is 2.95. The number of halogens is 3. The van der Waals surface area contributed by atoms with Crippen LogP contribution in [0.4, 0.5) is 23.9 Å². The summed E-state index contributed by atoms with van der Waals surface area (Å²) < 4.78 is 44.6. The van der Waals surface area contributed by atoms with Gasteiger partial charge < -0.3 is 19.9 Å². The van der Waals surface area contributed by atoms with Crippen molar-refractivity contribution >= 4 is 12.0 Å². The van der Waals surface area contributed by atoms with Gasteiger partial charge in [-0.3, -0.25) is 0 Å². The topological polar surface area (TPSA) is 70.6 Å². The van der Waals surface area contributed by atoms with Gasteiger partial charge in [0.05, 0.1) is 12.7 Å². The van der Waals surface area contributed by atoms with Crippen LogP contribution in [-0.4, -0.2) is 54.2 Å². The van der Waals surface area contributed by atoms with Crippen LogP contribution in [0.2, 0.25) is 0 Å². The molecule has 28 heavy (non-hydrogen) atoms. The second-order valence-electron chi connectivity index (χ2n) is 6.20. The van der Waals surface area contributed by atoms with Gasteiger partial charge in [-0.1, -0.05) is 6.07 Å². The highest BCUT2D eigenvalue weighted by molar-refractivity contribution is 5.74. The Hall–Kier alpha value is -3.04. The van der Waals surface area contributed by atoms with Crippen LogP contribution in [0.15, 0.2) is 36.7 Å². The summed E-state index contributed by atoms with van der Waals surface area (Å²) in [7, 11) is 1.30. The number of hydrogen-bond acceptors (Lipinski definition) is 5. The molecule has 1 aliphatic heterocycles. The molecule has 0 radical (unpaired) electrons. The Kier molecular flexibility index (Phi) is 5.86. The van der Waals surface area contributed by atoms with Crippen LogP contribution in [-0.2, 0) is 12.7 Å². The average Bonchev–Trinajstić information content (AvgIpc) is 2.72. The molecule has 0 unspecified atom stereocenters. The maximum atomic E-state index is 13.3. The largest absolute Gasteiger partial charge is 0.497 e. The van der Waals surface area contributed by atoms with Gasteiger partial charge in [0.25, 0.3) is 0 Å². The number of hydrogen-bond donors (Lipinski definition) is 1. The quantitative estimate of drug-likeness (QED) is 0.862. The fourth-order valence-corrected chi connectivity index (χ4v) is 2.95. The predicted octanol–water partition coefficient (Wildman–Crippen LogP) is 2.54. The lowest BCUT2D eigenvalue weighted by atomic mass is 10.1. The molecule has 2 heterocycles. The predicted molar refractivity (Wildman–Crippen MR) is 96.0 cm³/mol. The molecule has 1 aromatic heterocycles. The van der Waals surface area contributed by atoms with Crippen LogP contribution in [0.3, 0.4) is 0 Å². The van der Waals surface area contributed by atoms with Crippen molar-refractivity contribution in [3.05, 3.63) is 47.8 Å². The molecule has 1 fully saturated rings. The molecule has 0 saturated carbocycles. The van der Waals surface area contributed by atoms with Crippen molar-refractivity contribution in [1.82, 2.24) is 20.2 Å². The Morgan fingerprint density at radius 1 is 1.18 bits per heavy atom. The summed E-state index contributed by atoms with van der Waals surface area (Å²) in [4.78, 5) is 24.2. The maximum absolute atomic E-state index is 13.3. The zero-order chi connectivity index (χ0) is 20.1. The van der Waals surface area contributed by atoms with Crippen LogP contribution < -0.4 is 15.0 Å². The summed E-state index contributed by atoms with van der Waals surface area (Å²) in [5.74, 6) is 0.706. The second-order valence-corrected chi connectivity index (χ2v) is 6.20. The van der Waals surface area contributed by atoms with E-state index in [1.54, 1.807) is 23.4 Å². The van der Waals surface area contributed by atoms with Crippen molar-refractivity contribution in [3.8, 4) is 5.75 Å². The summed E-state index contributed by atoms with van der Waals surface area (Å²) in [5.41, 5.74) is -0.837. The van der Waals surface area contributed by atoms with Crippen LogP contribution in [0.25, 0.3) is 0 Å². The first-order chi connectivity index (χ1) is 13.4. The number of benzene rings is 1. The summed E-state index contributed by atoms with van der Waals surface area (Å²) in [6, 6.07) is 5.00. The minimum Gasteiger partial charge on any atom is -0.497 e. The van der Waals surface area contributed by atoms with Crippen LogP contribution in [0, 0.1) is 0 Å². The van der Waals surface area contributed by atoms with Gasteiger partial charge in [-0.15, -0.1) is 0 Å². The zero-order valence-corrected chi connectivity index (χ0v) is 15.2. The molecule has 0 aliphatic carbocycles. The molecule has 1 saturated heterocycles. The van der Waals surface area contributed by atoms with Gasteiger partial charge in [-0.2, -0.15) is 13.2 Å². The minimum absolute atomic E-state index is 0.0158. The highest BCUT2D eigenvalue weighted by Crippen LogP contribution is 2.34. The van der Waals surface area contributed by atoms with Gasteiger partial charge in [0.15, 0.2) is 0 Å². The SMILES string of the molecule is COc1ccc(CNC(=O)N2CCN(c3ncccn3)CC2)c(C(F)(F)F)c1. The number of anilines is 1. The van der Waals surface area contributed by atoms with E-state index in [0.29, 0.717) is 32.1 Å². The second kappa shape index (κ2) is 8.32. The van der Waals surface area contributed by atoms with Crippen molar-refractivity contribution < 1.29 is 22.7 Å². The third-order valence-electron chi connectivity index (χ3n) is 4.45. The van der Waals surface area contributed by atoms with E-state index in [0.717, 1.165) is 6.07 Å². The first-order valence-electron chi connectivity index (χ1n) is 8.67. The molecular weight excluding hydrogens is 375 g/mol. The first-order valence-corrected chi connectivity index (χ1v) is 8.67. The van der Waals surface area contributed by atoms with Gasteiger partial charge in [0, 0.05) is 45.1 Å². The average molecular weight is 395 g/mol. The minimum atomic E-state index is -4.53. The van der Waals surface area contributed by atoms with E-state index in [4.69, 9.17) is 4.74 Å². The Labute approximate surface area is 160 Å². The number of nitrogens with one attached hydrogen (secondary N) is 1. The van der Waals surface area contributed by atoms with E-state index in [-0.39, 0.29) is 17.9 Å². The highest BCUT2D eigenvalue weighted by atomic mass is 19.4. The Bertz CT molecular complexity index is 809. The lowest BCUT2D eigenvalue weighted by molar-refractivity contribution is -0.138. The van der Waals surface area contributed by atoms with Gasteiger partial charge in [-0.05, 0) is 23.8 Å². The van der Waals surface area contributed by atoms with Crippen LogP contribution in [0.1, 0.15) is 11.1 Å². The van der Waals surface area contributed by atoms with Gasteiger partial charge >= 0.3 is 12.2 Å². The molecule has 2 amide bonds. The number of urea groups is 1. The smallest absolute Gasteiger partial charge is 0.416 e. The normalized spacial score (nSPS) is 14.7. The molecule has 2 aromatic rings. The Morgan fingerprint density at radius 3 is 2.46 bits per heavy atom. The van der Waals surface area contributed by atoms with Crippen LogP contribution in [0.5, 0.6) is 5.75 Å². The monoisotopic (exact) mass is 395 g/mol. The van der Waals surface area contributed by atoms with E-state index >= 15 is 0 Å². The summed E-state index contributed by atoms with van der Waals surface area (Å²) in [5, 5.41) is 2.57. The highest BCUT2D eigenvalue weighted by Gasteiger charge is 2.34. The summed E-state index contributed by atoms with van der Waals surface area (Å²) >= 11 is 0. The molecule has 1 aliphatic rings. The van der Waals surface area contributed by atoms with Crippen molar-refractivity contribution in [2.45, 2.75) is 12.7 Å². The molecule has 3 rings (SSSR count). The molecule has 7 nitrogen and oxygen atoms in total. The molecule has 0 spiro atoms. The summed E-state index contributed by atoms with van der Waals surface area (Å²) in [6.45, 7) is 1.73. The number of nitrogens with zero attached hydrogens (tertiary/aromatic N) is 4. The Balaban J connectivity index is 1.58. The summed E-state index contributed by atoms with van der Waals surface area (Å²) in [6.07, 6.45) is -1.24. The van der Waals surface area contributed by atoms with E-state index in [9.17, 15) is 18.0 Å². The van der Waals surface area contributed by atoms with E-state index in [2.05, 4.69) is 15.3 Å². The van der Waals surface area contributed by atoms with Gasteiger partial charge in [-0.25, -0.2) is 14.8 Å². The molecule has 1 aromatic carbocycles. The number of carbonyl (C=O) groups is 1. The zero-order valence-electron chi connectivity index (χ0n) is 15.2. The third kappa shape index (κ3) is 4.62. The standard InChI is InChI=1S/C18H20F3N5O2/c1-28-14-4-3-13(15(11-14)18(19,20)21)12-24-17(27)26-9-7-25(8-10-26)16-22-5-2-6-23-16/h2-6,11H,7-10,12H2,1H3,(H,24,27). The molecule has 0 atom stereocenters. The lowest BCUT2D eigenvalue weighted by Gasteiger charge is -2.34. The number of alkyl halides is 3. The van der Waals surface area contributed by atoms with Crippen molar-refractivity contribution in [3.63, 3.8) is 0 Å². The number of methoxy groups -OCH3 is 1. The van der Waals surface area contributed by atoms with Crippen molar-refractivity contribution in [2.24, 2.45) is 0 Å². The number of ether oxygens (including phenoxy) is 1. The van der Waals surface area contributed by atoms with E-state index in [1.165, 1.54) is 19.2 Å². The first kappa shape index (κ1) is 19.7. The van der Waals surface area contributed by atoms with Crippen molar-refractivity contribution in [2.75, 3.05) is 38.2 Å². The number of carbonyl (C=O) groups excluding carboxylic acids is 1. The van der Waals surface area contributed by atoms with Crippen LogP contribution >= 0.6 is 0 Å². The van der Waals surface area contributed by atoms with E-state index < -0.39 is 17.8 Å². The number of aromatic nitrogens is 2.